The van der Waals surface area contributed by atoms with E-state index in [-0.39, 0.29) is 5.56 Å². The van der Waals surface area contributed by atoms with Gasteiger partial charge in [-0.2, -0.15) is 0 Å². The van der Waals surface area contributed by atoms with Crippen LogP contribution in [0, 0.1) is 5.82 Å². The van der Waals surface area contributed by atoms with Gasteiger partial charge in [0.1, 0.15) is 11.5 Å². The van der Waals surface area contributed by atoms with E-state index >= 15 is 0 Å². The van der Waals surface area contributed by atoms with Crippen molar-refractivity contribution in [2.75, 3.05) is 0 Å². The number of carbonyl (C=O) groups is 1. The van der Waals surface area contributed by atoms with Crippen LogP contribution in [0.1, 0.15) is 10.4 Å². The van der Waals surface area contributed by atoms with E-state index in [1.165, 1.54) is 12.3 Å². The van der Waals surface area contributed by atoms with Crippen LogP contribution in [0.3, 0.4) is 0 Å². The third kappa shape index (κ3) is 2.88. The fraction of sp³-hybridized carbons (Fsp3) is 0. The third-order valence-electron chi connectivity index (χ3n) is 4.09. The zero-order chi connectivity index (χ0) is 18.3. The van der Waals surface area contributed by atoms with Gasteiger partial charge < -0.3 is 9.51 Å². The molecule has 0 spiro atoms. The van der Waals surface area contributed by atoms with E-state index < -0.39 is 11.8 Å². The summed E-state index contributed by atoms with van der Waals surface area (Å²) in [4.78, 5) is 16.1. The molecule has 0 aliphatic heterocycles. The minimum atomic E-state index is -1.03. The molecular formula is C20H12BrFN2O2. The molecule has 26 heavy (non-hydrogen) atoms. The second-order valence-electron chi connectivity index (χ2n) is 5.79. The van der Waals surface area contributed by atoms with Gasteiger partial charge in [-0.3, -0.25) is 0 Å². The predicted octanol–water partition coefficient (Wildman–Crippen LogP) is 5.27. The number of hydrogen-bond acceptors (Lipinski definition) is 2. The molecule has 0 saturated heterocycles. The summed E-state index contributed by atoms with van der Waals surface area (Å²) in [6.07, 6.45) is 3.12. The number of aromatic nitrogens is 2. The highest BCUT2D eigenvalue weighted by Gasteiger charge is 2.16. The van der Waals surface area contributed by atoms with E-state index in [1.54, 1.807) is 28.8 Å². The number of pyridine rings is 1. The summed E-state index contributed by atoms with van der Waals surface area (Å²) < 4.78 is 16.6. The van der Waals surface area contributed by atoms with E-state index in [2.05, 4.69) is 20.9 Å². The Morgan fingerprint density at radius 3 is 2.50 bits per heavy atom. The number of hydrogen-bond donors (Lipinski definition) is 1. The van der Waals surface area contributed by atoms with Gasteiger partial charge >= 0.3 is 5.97 Å². The van der Waals surface area contributed by atoms with Crippen molar-refractivity contribution in [3.8, 4) is 22.4 Å². The molecule has 0 atom stereocenters. The third-order valence-corrected chi connectivity index (χ3v) is 4.58. The van der Waals surface area contributed by atoms with Crippen LogP contribution in [-0.4, -0.2) is 20.5 Å². The van der Waals surface area contributed by atoms with Crippen molar-refractivity contribution in [2.45, 2.75) is 0 Å². The zero-order valence-electron chi connectivity index (χ0n) is 13.4. The number of halogens is 2. The lowest BCUT2D eigenvalue weighted by atomic mass is 10.1. The molecule has 0 unspecified atom stereocenters. The van der Waals surface area contributed by atoms with Crippen molar-refractivity contribution in [3.05, 3.63) is 82.8 Å². The van der Waals surface area contributed by atoms with Gasteiger partial charge in [0.2, 0.25) is 0 Å². The first-order valence-corrected chi connectivity index (χ1v) is 8.59. The van der Waals surface area contributed by atoms with Crippen LogP contribution >= 0.6 is 15.9 Å². The van der Waals surface area contributed by atoms with Gasteiger partial charge in [-0.25, -0.2) is 14.2 Å². The van der Waals surface area contributed by atoms with E-state index in [4.69, 9.17) is 0 Å². The molecule has 4 aromatic rings. The van der Waals surface area contributed by atoms with Gasteiger partial charge in [0.05, 0.1) is 11.3 Å². The highest BCUT2D eigenvalue weighted by atomic mass is 79.9. The molecule has 0 saturated carbocycles. The molecule has 0 amide bonds. The number of fused-ring (bicyclic) bond motifs is 1. The molecule has 2 heterocycles. The molecule has 0 aliphatic carbocycles. The summed E-state index contributed by atoms with van der Waals surface area (Å²) >= 11 is 3.24. The largest absolute Gasteiger partial charge is 0.478 e. The number of benzene rings is 2. The Labute approximate surface area is 156 Å². The molecule has 2 aromatic heterocycles. The Morgan fingerprint density at radius 1 is 1.04 bits per heavy atom. The molecule has 0 bridgehead atoms. The standard InChI is InChI=1S/C20H12BrFN2O2/c21-14-6-7-15(17(22)9-14)18-11-24-10-13(20(25)26)8-16(19(24)23-18)12-4-2-1-3-5-12/h1-11H,(H,25,26). The highest BCUT2D eigenvalue weighted by molar-refractivity contribution is 9.10. The Hall–Kier alpha value is -2.99. The zero-order valence-corrected chi connectivity index (χ0v) is 14.9. The first-order valence-electron chi connectivity index (χ1n) is 7.80. The van der Waals surface area contributed by atoms with E-state index in [0.717, 1.165) is 5.56 Å². The molecule has 128 valence electrons. The van der Waals surface area contributed by atoms with Crippen LogP contribution in [0.2, 0.25) is 0 Å². The summed E-state index contributed by atoms with van der Waals surface area (Å²) in [7, 11) is 0. The lowest BCUT2D eigenvalue weighted by Crippen LogP contribution is -2.00. The van der Waals surface area contributed by atoms with Crippen LogP contribution < -0.4 is 0 Å². The lowest BCUT2D eigenvalue weighted by molar-refractivity contribution is 0.0696. The quantitative estimate of drug-likeness (QED) is 0.500. The molecule has 2 aromatic carbocycles. The van der Waals surface area contributed by atoms with Gasteiger partial charge in [0, 0.05) is 28.0 Å². The molecule has 4 rings (SSSR count). The maximum absolute atomic E-state index is 14.3. The molecule has 1 N–H and O–H groups in total. The van der Waals surface area contributed by atoms with Gasteiger partial charge in [-0.15, -0.1) is 0 Å². The Morgan fingerprint density at radius 2 is 1.81 bits per heavy atom. The Balaban J connectivity index is 1.99. The average molecular weight is 411 g/mol. The molecule has 0 fully saturated rings. The van der Waals surface area contributed by atoms with Crippen LogP contribution in [-0.2, 0) is 0 Å². The van der Waals surface area contributed by atoms with Crippen molar-refractivity contribution in [1.29, 1.82) is 0 Å². The van der Waals surface area contributed by atoms with Gasteiger partial charge in [0.25, 0.3) is 0 Å². The maximum atomic E-state index is 14.3. The van der Waals surface area contributed by atoms with E-state index in [1.807, 2.05) is 30.3 Å². The average Bonchev–Trinajstić information content (AvgIpc) is 3.05. The summed E-state index contributed by atoms with van der Waals surface area (Å²) in [5.74, 6) is -1.43. The van der Waals surface area contributed by atoms with Crippen molar-refractivity contribution in [1.82, 2.24) is 9.38 Å². The minimum absolute atomic E-state index is 0.136. The normalized spacial score (nSPS) is 11.0. The smallest absolute Gasteiger partial charge is 0.337 e. The molecule has 0 radical (unpaired) electrons. The summed E-state index contributed by atoms with van der Waals surface area (Å²) in [5, 5.41) is 9.42. The summed E-state index contributed by atoms with van der Waals surface area (Å²) in [6, 6.07) is 15.7. The SMILES string of the molecule is O=C(O)c1cc(-c2ccccc2)c2nc(-c3ccc(Br)cc3F)cn2c1. The molecule has 6 heteroatoms. The Bertz CT molecular complexity index is 1140. The van der Waals surface area contributed by atoms with Crippen molar-refractivity contribution in [3.63, 3.8) is 0 Å². The van der Waals surface area contributed by atoms with Gasteiger partial charge in [-0.05, 0) is 29.8 Å². The molecule has 0 aliphatic rings. The Kier molecular flexibility index (Phi) is 4.05. The summed E-state index contributed by atoms with van der Waals surface area (Å²) in [6.45, 7) is 0. The second-order valence-corrected chi connectivity index (χ2v) is 6.71. The molecular weight excluding hydrogens is 399 g/mol. The van der Waals surface area contributed by atoms with Crippen LogP contribution in [0.4, 0.5) is 4.39 Å². The maximum Gasteiger partial charge on any atom is 0.337 e. The number of carboxylic acid groups (broad SMARTS) is 1. The van der Waals surface area contributed by atoms with Crippen LogP contribution in [0.15, 0.2) is 71.5 Å². The monoisotopic (exact) mass is 410 g/mol. The predicted molar refractivity (Wildman–Crippen MR) is 101 cm³/mol. The topological polar surface area (TPSA) is 54.6 Å². The lowest BCUT2D eigenvalue weighted by Gasteiger charge is -2.06. The minimum Gasteiger partial charge on any atom is -0.478 e. The van der Waals surface area contributed by atoms with E-state index in [9.17, 15) is 14.3 Å². The number of nitrogens with zero attached hydrogens (tertiary/aromatic N) is 2. The van der Waals surface area contributed by atoms with E-state index in [0.29, 0.717) is 26.9 Å². The van der Waals surface area contributed by atoms with Crippen molar-refractivity contribution in [2.24, 2.45) is 0 Å². The van der Waals surface area contributed by atoms with Gasteiger partial charge in [0.15, 0.2) is 0 Å². The first-order chi connectivity index (χ1) is 12.5. The highest BCUT2D eigenvalue weighted by Crippen LogP contribution is 2.30. The van der Waals surface area contributed by atoms with Crippen LogP contribution in [0.5, 0.6) is 0 Å². The van der Waals surface area contributed by atoms with Crippen LogP contribution in [0.25, 0.3) is 28.0 Å². The fourth-order valence-corrected chi connectivity index (χ4v) is 3.21. The fourth-order valence-electron chi connectivity index (χ4n) is 2.87. The number of aromatic carboxylic acids is 1. The summed E-state index contributed by atoms with van der Waals surface area (Å²) in [5.41, 5.74) is 3.01. The van der Waals surface area contributed by atoms with Gasteiger partial charge in [-0.1, -0.05) is 46.3 Å². The van der Waals surface area contributed by atoms with Crippen molar-refractivity contribution >= 4 is 27.5 Å². The number of imidazole rings is 1. The first kappa shape index (κ1) is 16.5. The second kappa shape index (κ2) is 6.38. The number of carboxylic acids is 1. The number of rotatable bonds is 3. The molecule has 4 nitrogen and oxygen atoms in total. The van der Waals surface area contributed by atoms with Crippen molar-refractivity contribution < 1.29 is 14.3 Å².